The lowest BCUT2D eigenvalue weighted by atomic mass is 9.99. The normalized spacial score (nSPS) is 13.2. The number of carbonyl (C=O) groups is 2. The summed E-state index contributed by atoms with van der Waals surface area (Å²) in [6.45, 7) is 4.14. The van der Waals surface area contributed by atoms with Gasteiger partial charge in [-0.15, -0.1) is 18.2 Å². The van der Waals surface area contributed by atoms with Crippen LogP contribution in [-0.2, 0) is 4.79 Å². The molecule has 2 atom stereocenters. The summed E-state index contributed by atoms with van der Waals surface area (Å²) >= 11 is 1.54. The summed E-state index contributed by atoms with van der Waals surface area (Å²) in [5.74, 6) is 2.67. The molecule has 3 N–H and O–H groups in total. The maximum absolute atomic E-state index is 11.5. The summed E-state index contributed by atoms with van der Waals surface area (Å²) in [7, 11) is 0. The molecular formula is C12H20N2O3S. The zero-order chi connectivity index (χ0) is 14.0. The highest BCUT2D eigenvalue weighted by Crippen LogP contribution is 2.07. The number of carboxylic acid groups (broad SMARTS) is 1. The SMILES string of the molecule is C#CCSCCNC(=O)NC(C(=O)O)C(C)CC. The summed E-state index contributed by atoms with van der Waals surface area (Å²) in [4.78, 5) is 22.5. The Labute approximate surface area is 112 Å². The van der Waals surface area contributed by atoms with E-state index in [2.05, 4.69) is 16.6 Å². The van der Waals surface area contributed by atoms with Crippen molar-refractivity contribution in [2.24, 2.45) is 5.92 Å². The molecule has 18 heavy (non-hydrogen) atoms. The van der Waals surface area contributed by atoms with Crippen molar-refractivity contribution in [1.29, 1.82) is 0 Å². The van der Waals surface area contributed by atoms with Crippen LogP contribution in [0, 0.1) is 18.3 Å². The highest BCUT2D eigenvalue weighted by atomic mass is 32.2. The molecule has 5 nitrogen and oxygen atoms in total. The van der Waals surface area contributed by atoms with Crippen LogP contribution in [0.2, 0.25) is 0 Å². The van der Waals surface area contributed by atoms with Crippen molar-refractivity contribution in [3.05, 3.63) is 0 Å². The Balaban J connectivity index is 3.97. The quantitative estimate of drug-likeness (QED) is 0.457. The van der Waals surface area contributed by atoms with Crippen LogP contribution in [0.15, 0.2) is 0 Å². The van der Waals surface area contributed by atoms with Crippen LogP contribution in [0.3, 0.4) is 0 Å². The number of nitrogens with one attached hydrogen (secondary N) is 2. The molecule has 2 amide bonds. The molecule has 6 heteroatoms. The molecule has 0 saturated carbocycles. The average Bonchev–Trinajstić information content (AvgIpc) is 2.34. The summed E-state index contributed by atoms with van der Waals surface area (Å²) in [6.07, 6.45) is 5.77. The van der Waals surface area contributed by atoms with Gasteiger partial charge in [-0.3, -0.25) is 0 Å². The van der Waals surface area contributed by atoms with Gasteiger partial charge in [-0.1, -0.05) is 26.2 Å². The number of carboxylic acids is 1. The number of thioether (sulfide) groups is 1. The number of hydrogen-bond acceptors (Lipinski definition) is 3. The van der Waals surface area contributed by atoms with Crippen molar-refractivity contribution < 1.29 is 14.7 Å². The zero-order valence-electron chi connectivity index (χ0n) is 10.7. The molecule has 0 radical (unpaired) electrons. The summed E-state index contributed by atoms with van der Waals surface area (Å²) in [5, 5.41) is 14.1. The number of amides is 2. The number of aliphatic carboxylic acids is 1. The standard InChI is InChI=1S/C12H20N2O3S/c1-4-7-18-8-6-13-12(17)14-10(11(15)16)9(3)5-2/h1,9-10H,5-8H2,2-3H3,(H,15,16)(H2,13,14,17). The monoisotopic (exact) mass is 272 g/mol. The van der Waals surface area contributed by atoms with Crippen molar-refractivity contribution >= 4 is 23.8 Å². The van der Waals surface area contributed by atoms with Gasteiger partial charge in [0.25, 0.3) is 0 Å². The lowest BCUT2D eigenvalue weighted by Gasteiger charge is -2.20. The average molecular weight is 272 g/mol. The van der Waals surface area contributed by atoms with Crippen molar-refractivity contribution in [1.82, 2.24) is 10.6 Å². The lowest BCUT2D eigenvalue weighted by molar-refractivity contribution is -0.140. The van der Waals surface area contributed by atoms with E-state index in [9.17, 15) is 9.59 Å². The molecule has 0 aliphatic heterocycles. The number of urea groups is 1. The van der Waals surface area contributed by atoms with Gasteiger partial charge in [-0.25, -0.2) is 9.59 Å². The van der Waals surface area contributed by atoms with E-state index in [-0.39, 0.29) is 5.92 Å². The molecular weight excluding hydrogens is 252 g/mol. The maximum atomic E-state index is 11.5. The Bertz CT molecular complexity index is 315. The second-order valence-electron chi connectivity index (χ2n) is 3.86. The Kier molecular flexibility index (Phi) is 8.93. The minimum atomic E-state index is -1.01. The molecule has 0 fully saturated rings. The highest BCUT2D eigenvalue weighted by molar-refractivity contribution is 7.99. The third kappa shape index (κ3) is 7.07. The highest BCUT2D eigenvalue weighted by Gasteiger charge is 2.24. The minimum absolute atomic E-state index is 0.107. The van der Waals surface area contributed by atoms with Crippen LogP contribution in [-0.4, -0.2) is 41.2 Å². The third-order valence-corrected chi connectivity index (χ3v) is 3.35. The molecule has 0 heterocycles. The Morgan fingerprint density at radius 3 is 2.67 bits per heavy atom. The van der Waals surface area contributed by atoms with Crippen LogP contribution in [0.4, 0.5) is 4.79 Å². The molecule has 102 valence electrons. The molecule has 0 aliphatic rings. The number of carbonyl (C=O) groups excluding carboxylic acids is 1. The molecule has 0 aromatic heterocycles. The molecule has 0 bridgehead atoms. The topological polar surface area (TPSA) is 78.4 Å². The van der Waals surface area contributed by atoms with Gasteiger partial charge < -0.3 is 15.7 Å². The predicted octanol–water partition coefficient (Wildman–Crippen LogP) is 1.15. The Morgan fingerprint density at radius 1 is 1.50 bits per heavy atom. The second kappa shape index (κ2) is 9.66. The first kappa shape index (κ1) is 16.6. The smallest absolute Gasteiger partial charge is 0.326 e. The Morgan fingerprint density at radius 2 is 2.17 bits per heavy atom. The molecule has 0 spiro atoms. The number of rotatable bonds is 8. The molecule has 0 aromatic carbocycles. The number of terminal acetylenes is 1. The summed E-state index contributed by atoms with van der Waals surface area (Å²) in [5.41, 5.74) is 0. The fourth-order valence-electron chi connectivity index (χ4n) is 1.24. The van der Waals surface area contributed by atoms with E-state index in [4.69, 9.17) is 11.5 Å². The summed E-state index contributed by atoms with van der Waals surface area (Å²) < 4.78 is 0. The Hall–Kier alpha value is -1.35. The van der Waals surface area contributed by atoms with Crippen LogP contribution < -0.4 is 10.6 Å². The molecule has 2 unspecified atom stereocenters. The van der Waals surface area contributed by atoms with Crippen molar-refractivity contribution in [3.8, 4) is 12.3 Å². The van der Waals surface area contributed by atoms with Gasteiger partial charge in [0.1, 0.15) is 6.04 Å². The van der Waals surface area contributed by atoms with E-state index in [0.717, 1.165) is 0 Å². The molecule has 0 rings (SSSR count). The lowest BCUT2D eigenvalue weighted by Crippen LogP contribution is -2.49. The van der Waals surface area contributed by atoms with Crippen LogP contribution in [0.1, 0.15) is 20.3 Å². The van der Waals surface area contributed by atoms with E-state index in [1.807, 2.05) is 6.92 Å². The largest absolute Gasteiger partial charge is 0.480 e. The number of hydrogen-bond donors (Lipinski definition) is 3. The van der Waals surface area contributed by atoms with Crippen LogP contribution in [0.5, 0.6) is 0 Å². The van der Waals surface area contributed by atoms with Crippen molar-refractivity contribution in [3.63, 3.8) is 0 Å². The van der Waals surface area contributed by atoms with Gasteiger partial charge in [0.15, 0.2) is 0 Å². The zero-order valence-corrected chi connectivity index (χ0v) is 11.5. The first-order chi connectivity index (χ1) is 8.52. The van der Waals surface area contributed by atoms with Crippen molar-refractivity contribution in [2.45, 2.75) is 26.3 Å². The van der Waals surface area contributed by atoms with E-state index in [1.54, 1.807) is 6.92 Å². The first-order valence-corrected chi connectivity index (χ1v) is 6.96. The van der Waals surface area contributed by atoms with E-state index in [0.29, 0.717) is 24.5 Å². The van der Waals surface area contributed by atoms with Gasteiger partial charge in [0.05, 0.1) is 5.75 Å². The summed E-state index contributed by atoms with van der Waals surface area (Å²) in [6, 6.07) is -1.31. The van der Waals surface area contributed by atoms with Gasteiger partial charge >= 0.3 is 12.0 Å². The van der Waals surface area contributed by atoms with Gasteiger partial charge in [0.2, 0.25) is 0 Å². The van der Waals surface area contributed by atoms with Gasteiger partial charge in [0, 0.05) is 12.3 Å². The fraction of sp³-hybridized carbons (Fsp3) is 0.667. The van der Waals surface area contributed by atoms with Gasteiger partial charge in [-0.05, 0) is 5.92 Å². The van der Waals surface area contributed by atoms with E-state index < -0.39 is 18.0 Å². The van der Waals surface area contributed by atoms with Crippen LogP contribution in [0.25, 0.3) is 0 Å². The third-order valence-electron chi connectivity index (χ3n) is 2.48. The second-order valence-corrected chi connectivity index (χ2v) is 4.96. The minimum Gasteiger partial charge on any atom is -0.480 e. The maximum Gasteiger partial charge on any atom is 0.326 e. The van der Waals surface area contributed by atoms with Crippen molar-refractivity contribution in [2.75, 3.05) is 18.1 Å². The molecule has 0 aromatic rings. The predicted molar refractivity (Wildman–Crippen MR) is 73.6 cm³/mol. The van der Waals surface area contributed by atoms with E-state index >= 15 is 0 Å². The van der Waals surface area contributed by atoms with E-state index in [1.165, 1.54) is 11.8 Å². The molecule has 0 saturated heterocycles. The van der Waals surface area contributed by atoms with Gasteiger partial charge in [-0.2, -0.15) is 0 Å². The molecule has 0 aliphatic carbocycles. The fourth-order valence-corrected chi connectivity index (χ4v) is 1.75. The van der Waals surface area contributed by atoms with Crippen LogP contribution >= 0.6 is 11.8 Å². The first-order valence-electron chi connectivity index (χ1n) is 5.81.